The molecule has 2 aromatic rings. The molecule has 0 amide bonds. The van der Waals surface area contributed by atoms with E-state index in [0.717, 1.165) is 6.07 Å². The monoisotopic (exact) mass is 421 g/mol. The van der Waals surface area contributed by atoms with Crippen molar-refractivity contribution in [1.82, 2.24) is 0 Å². The van der Waals surface area contributed by atoms with Crippen molar-refractivity contribution in [3.63, 3.8) is 0 Å². The van der Waals surface area contributed by atoms with Crippen LogP contribution in [0.15, 0.2) is 39.3 Å². The van der Waals surface area contributed by atoms with E-state index in [2.05, 4.69) is 31.9 Å². The molecule has 0 unspecified atom stereocenters. The van der Waals surface area contributed by atoms with E-state index >= 15 is 0 Å². The van der Waals surface area contributed by atoms with Gasteiger partial charge in [-0.3, -0.25) is 10.1 Å². The van der Waals surface area contributed by atoms with Gasteiger partial charge in [0, 0.05) is 16.1 Å². The van der Waals surface area contributed by atoms with Crippen LogP contribution < -0.4 is 4.74 Å². The fraction of sp³-hybridized carbons (Fsp3) is 0.0769. The van der Waals surface area contributed by atoms with Gasteiger partial charge in [-0.25, -0.2) is 4.39 Å². The third kappa shape index (κ3) is 3.56. The van der Waals surface area contributed by atoms with Crippen molar-refractivity contribution >= 4 is 37.5 Å². The number of nitro benzene ring substituents is 1. The molecule has 0 radical (unpaired) electrons. The van der Waals surface area contributed by atoms with Gasteiger partial charge >= 0.3 is 0 Å². The molecule has 4 nitrogen and oxygen atoms in total. The minimum Gasteiger partial charge on any atom is -0.486 e. The van der Waals surface area contributed by atoms with Crippen LogP contribution in [0, 0.1) is 21.7 Å². The van der Waals surface area contributed by atoms with Crippen LogP contribution in [0.5, 0.6) is 5.75 Å². The average Bonchev–Trinajstić information content (AvgIpc) is 2.42. The van der Waals surface area contributed by atoms with Crippen molar-refractivity contribution in [3.05, 3.63) is 66.6 Å². The molecular formula is C13H7Br2F2NO3. The Labute approximate surface area is 135 Å². The maximum Gasteiger partial charge on any atom is 0.283 e. The van der Waals surface area contributed by atoms with Gasteiger partial charge in [0.25, 0.3) is 5.69 Å². The van der Waals surface area contributed by atoms with Crippen LogP contribution in [-0.4, -0.2) is 4.92 Å². The third-order valence-electron chi connectivity index (χ3n) is 2.60. The highest BCUT2D eigenvalue weighted by molar-refractivity contribution is 9.11. The molecule has 0 spiro atoms. The molecule has 21 heavy (non-hydrogen) atoms. The fourth-order valence-corrected chi connectivity index (χ4v) is 2.54. The second-order valence-electron chi connectivity index (χ2n) is 4.00. The number of halogens is 4. The van der Waals surface area contributed by atoms with E-state index < -0.39 is 16.6 Å². The van der Waals surface area contributed by atoms with Crippen LogP contribution in [0.2, 0.25) is 0 Å². The molecule has 0 aliphatic carbocycles. The molecule has 0 saturated heterocycles. The first-order chi connectivity index (χ1) is 9.90. The normalized spacial score (nSPS) is 10.5. The lowest BCUT2D eigenvalue weighted by atomic mass is 10.2. The van der Waals surface area contributed by atoms with Crippen LogP contribution in [-0.2, 0) is 6.61 Å². The van der Waals surface area contributed by atoms with Crippen molar-refractivity contribution < 1.29 is 18.4 Å². The number of benzene rings is 2. The van der Waals surface area contributed by atoms with Crippen LogP contribution in [0.3, 0.4) is 0 Å². The first-order valence-electron chi connectivity index (χ1n) is 5.59. The Hall–Kier alpha value is -1.54. The molecule has 2 aromatic carbocycles. The van der Waals surface area contributed by atoms with Gasteiger partial charge in [0.2, 0.25) is 5.82 Å². The lowest BCUT2D eigenvalue weighted by Crippen LogP contribution is -2.01. The molecule has 0 bridgehead atoms. The molecule has 0 heterocycles. The van der Waals surface area contributed by atoms with Gasteiger partial charge in [-0.05, 0) is 28.1 Å². The Morgan fingerprint density at radius 1 is 1.24 bits per heavy atom. The molecule has 0 saturated carbocycles. The summed E-state index contributed by atoms with van der Waals surface area (Å²) >= 11 is 6.14. The summed E-state index contributed by atoms with van der Waals surface area (Å²) in [6, 6.07) is 6.66. The zero-order chi connectivity index (χ0) is 15.6. The molecule has 0 atom stereocenters. The molecule has 0 aliphatic heterocycles. The minimum absolute atomic E-state index is 0.128. The van der Waals surface area contributed by atoms with E-state index in [4.69, 9.17) is 4.74 Å². The Morgan fingerprint density at radius 2 is 1.95 bits per heavy atom. The van der Waals surface area contributed by atoms with Crippen LogP contribution in [0.4, 0.5) is 14.5 Å². The molecule has 110 valence electrons. The Bertz CT molecular complexity index is 710. The van der Waals surface area contributed by atoms with E-state index in [1.807, 2.05) is 0 Å². The summed E-state index contributed by atoms with van der Waals surface area (Å²) < 4.78 is 32.6. The van der Waals surface area contributed by atoms with Gasteiger partial charge in [-0.15, -0.1) is 0 Å². The summed E-state index contributed by atoms with van der Waals surface area (Å²) in [6.45, 7) is -0.144. The first-order valence-corrected chi connectivity index (χ1v) is 7.18. The van der Waals surface area contributed by atoms with Crippen molar-refractivity contribution in [2.45, 2.75) is 6.61 Å². The smallest absolute Gasteiger partial charge is 0.283 e. The van der Waals surface area contributed by atoms with Gasteiger partial charge in [-0.2, -0.15) is 4.39 Å². The molecular weight excluding hydrogens is 416 g/mol. The number of nitrogens with zero attached hydrogens (tertiary/aromatic N) is 1. The van der Waals surface area contributed by atoms with Crippen molar-refractivity contribution in [1.29, 1.82) is 0 Å². The Kier molecular flexibility index (Phi) is 4.89. The second kappa shape index (κ2) is 6.48. The van der Waals surface area contributed by atoms with Crippen molar-refractivity contribution in [3.8, 4) is 5.75 Å². The predicted octanol–water partition coefficient (Wildman–Crippen LogP) is 4.98. The van der Waals surface area contributed by atoms with E-state index in [1.165, 1.54) is 18.2 Å². The van der Waals surface area contributed by atoms with Gasteiger partial charge in [0.1, 0.15) is 11.1 Å². The maximum absolute atomic E-state index is 13.6. The van der Waals surface area contributed by atoms with Gasteiger partial charge in [0.15, 0.2) is 11.6 Å². The molecule has 0 aliphatic rings. The number of nitro groups is 1. The minimum atomic E-state index is -1.11. The van der Waals surface area contributed by atoms with E-state index in [-0.39, 0.29) is 22.5 Å². The molecule has 0 N–H and O–H groups in total. The third-order valence-corrected chi connectivity index (χ3v) is 3.97. The molecule has 0 fully saturated rings. The highest BCUT2D eigenvalue weighted by Crippen LogP contribution is 2.30. The maximum atomic E-state index is 13.6. The van der Waals surface area contributed by atoms with Crippen LogP contribution in [0.1, 0.15) is 5.56 Å². The highest BCUT2D eigenvalue weighted by atomic mass is 79.9. The number of rotatable bonds is 4. The zero-order valence-electron chi connectivity index (χ0n) is 10.3. The summed E-state index contributed by atoms with van der Waals surface area (Å²) in [5.74, 6) is -2.43. The van der Waals surface area contributed by atoms with Gasteiger partial charge < -0.3 is 4.74 Å². The van der Waals surface area contributed by atoms with Crippen molar-refractivity contribution in [2.75, 3.05) is 0 Å². The fourth-order valence-electron chi connectivity index (χ4n) is 1.61. The van der Waals surface area contributed by atoms with E-state index in [1.54, 1.807) is 6.07 Å². The average molecular weight is 423 g/mol. The standard InChI is InChI=1S/C13H7Br2F2NO3/c14-8-4-9(16)13(17)11(5-8)21-6-7-2-1-3-10(12(7)15)18(19)20/h1-5H,6H2. The lowest BCUT2D eigenvalue weighted by molar-refractivity contribution is -0.385. The number of hydrogen-bond donors (Lipinski definition) is 0. The van der Waals surface area contributed by atoms with E-state index in [0.29, 0.717) is 10.0 Å². The Morgan fingerprint density at radius 3 is 2.62 bits per heavy atom. The lowest BCUT2D eigenvalue weighted by Gasteiger charge is -2.10. The van der Waals surface area contributed by atoms with E-state index in [9.17, 15) is 18.9 Å². The Balaban J connectivity index is 2.25. The highest BCUT2D eigenvalue weighted by Gasteiger charge is 2.16. The summed E-state index contributed by atoms with van der Waals surface area (Å²) in [5.41, 5.74) is 0.320. The largest absolute Gasteiger partial charge is 0.486 e. The topological polar surface area (TPSA) is 52.4 Å². The first kappa shape index (κ1) is 15.8. The predicted molar refractivity (Wildman–Crippen MR) is 79.2 cm³/mol. The van der Waals surface area contributed by atoms with Gasteiger partial charge in [0.05, 0.1) is 4.92 Å². The zero-order valence-corrected chi connectivity index (χ0v) is 13.4. The number of hydrogen-bond acceptors (Lipinski definition) is 3. The van der Waals surface area contributed by atoms with Gasteiger partial charge in [-0.1, -0.05) is 28.1 Å². The quantitative estimate of drug-likeness (QED) is 0.396. The second-order valence-corrected chi connectivity index (χ2v) is 5.70. The molecule has 8 heteroatoms. The summed E-state index contributed by atoms with van der Waals surface area (Å²) in [6.07, 6.45) is 0. The van der Waals surface area contributed by atoms with Crippen molar-refractivity contribution in [2.24, 2.45) is 0 Å². The van der Waals surface area contributed by atoms with Crippen LogP contribution >= 0.6 is 31.9 Å². The molecule has 0 aromatic heterocycles. The molecule has 2 rings (SSSR count). The van der Waals surface area contributed by atoms with Crippen LogP contribution in [0.25, 0.3) is 0 Å². The summed E-state index contributed by atoms with van der Waals surface area (Å²) in [5, 5.41) is 10.8. The number of ether oxygens (including phenoxy) is 1. The summed E-state index contributed by atoms with van der Waals surface area (Å²) in [7, 11) is 0. The SMILES string of the molecule is O=[N+]([O-])c1cccc(COc2cc(Br)cc(F)c2F)c1Br. The summed E-state index contributed by atoms with van der Waals surface area (Å²) in [4.78, 5) is 10.3.